The molecule has 2 rings (SSSR count). The molecule has 3 nitrogen and oxygen atoms in total. The number of benzene rings is 1. The third-order valence-electron chi connectivity index (χ3n) is 3.54. The van der Waals surface area contributed by atoms with Gasteiger partial charge >= 0.3 is 0 Å². The molecule has 0 bridgehead atoms. The Bertz CT molecular complexity index is 369. The fourth-order valence-electron chi connectivity index (χ4n) is 2.45. The second kappa shape index (κ2) is 6.27. The van der Waals surface area contributed by atoms with E-state index < -0.39 is 0 Å². The number of nitrogens with two attached hydrogens (primary N) is 1. The highest BCUT2D eigenvalue weighted by Crippen LogP contribution is 2.23. The molecule has 18 heavy (non-hydrogen) atoms. The van der Waals surface area contributed by atoms with Crippen LogP contribution < -0.4 is 5.73 Å². The first-order valence-electron chi connectivity index (χ1n) is 6.55. The smallest absolute Gasteiger partial charge is 0.123 e. The largest absolute Gasteiger partial charge is 0.376 e. The highest BCUT2D eigenvalue weighted by molar-refractivity contribution is 5.20. The van der Waals surface area contributed by atoms with Gasteiger partial charge in [0.25, 0.3) is 0 Å². The zero-order valence-electron chi connectivity index (χ0n) is 10.8. The Morgan fingerprint density at radius 1 is 1.44 bits per heavy atom. The van der Waals surface area contributed by atoms with Gasteiger partial charge in [-0.05, 0) is 24.1 Å². The van der Waals surface area contributed by atoms with Crippen molar-refractivity contribution in [3.63, 3.8) is 0 Å². The monoisotopic (exact) mass is 252 g/mol. The Hall–Kier alpha value is -0.970. The van der Waals surface area contributed by atoms with E-state index in [9.17, 15) is 4.39 Å². The number of rotatable bonds is 4. The van der Waals surface area contributed by atoms with E-state index in [4.69, 9.17) is 10.5 Å². The summed E-state index contributed by atoms with van der Waals surface area (Å²) in [5, 5.41) is 0. The summed E-state index contributed by atoms with van der Waals surface area (Å²) < 4.78 is 18.6. The van der Waals surface area contributed by atoms with Gasteiger partial charge in [0.1, 0.15) is 5.82 Å². The molecule has 2 atom stereocenters. The van der Waals surface area contributed by atoms with Crippen molar-refractivity contribution in [3.05, 3.63) is 35.6 Å². The van der Waals surface area contributed by atoms with E-state index in [0.29, 0.717) is 6.54 Å². The minimum absolute atomic E-state index is 0.156. The molecule has 1 saturated heterocycles. The normalized spacial score (nSPS) is 22.9. The van der Waals surface area contributed by atoms with Gasteiger partial charge in [-0.25, -0.2) is 4.39 Å². The van der Waals surface area contributed by atoms with E-state index in [-0.39, 0.29) is 18.0 Å². The van der Waals surface area contributed by atoms with Gasteiger partial charge in [0, 0.05) is 25.7 Å². The third-order valence-corrected chi connectivity index (χ3v) is 3.54. The first-order valence-corrected chi connectivity index (χ1v) is 6.55. The average molecular weight is 252 g/mol. The molecule has 2 unspecified atom stereocenters. The predicted octanol–water partition coefficient (Wildman–Crippen LogP) is 1.94. The van der Waals surface area contributed by atoms with Crippen molar-refractivity contribution in [3.8, 4) is 0 Å². The summed E-state index contributed by atoms with van der Waals surface area (Å²) in [5.41, 5.74) is 6.96. The average Bonchev–Trinajstić information content (AvgIpc) is 2.42. The molecule has 4 heteroatoms. The molecule has 1 aromatic rings. The van der Waals surface area contributed by atoms with Gasteiger partial charge in [-0.3, -0.25) is 4.90 Å². The molecule has 1 heterocycles. The van der Waals surface area contributed by atoms with Gasteiger partial charge in [-0.15, -0.1) is 0 Å². The van der Waals surface area contributed by atoms with Gasteiger partial charge in [0.2, 0.25) is 0 Å². The quantitative estimate of drug-likeness (QED) is 0.890. The maximum absolute atomic E-state index is 12.9. The molecule has 0 aromatic heterocycles. The Labute approximate surface area is 108 Å². The number of nitrogens with zero attached hydrogens (tertiary/aromatic N) is 1. The second-order valence-electron chi connectivity index (χ2n) is 4.70. The number of hydrogen-bond acceptors (Lipinski definition) is 3. The number of morpholine rings is 1. The summed E-state index contributed by atoms with van der Waals surface area (Å²) in [6.45, 7) is 5.20. The maximum atomic E-state index is 12.9. The lowest BCUT2D eigenvalue weighted by Crippen LogP contribution is -2.46. The zero-order chi connectivity index (χ0) is 13.0. The van der Waals surface area contributed by atoms with Crippen molar-refractivity contribution in [2.24, 2.45) is 5.73 Å². The van der Waals surface area contributed by atoms with E-state index in [1.54, 1.807) is 0 Å². The van der Waals surface area contributed by atoms with Crippen molar-refractivity contribution in [2.45, 2.75) is 25.5 Å². The summed E-state index contributed by atoms with van der Waals surface area (Å²) in [7, 11) is 0. The molecule has 0 amide bonds. The van der Waals surface area contributed by atoms with Crippen LogP contribution in [0.1, 0.15) is 24.9 Å². The minimum atomic E-state index is -0.206. The van der Waals surface area contributed by atoms with Crippen molar-refractivity contribution in [1.29, 1.82) is 0 Å². The molecular weight excluding hydrogens is 231 g/mol. The Morgan fingerprint density at radius 2 is 2.17 bits per heavy atom. The van der Waals surface area contributed by atoms with E-state index >= 15 is 0 Å². The van der Waals surface area contributed by atoms with Gasteiger partial charge in [-0.1, -0.05) is 19.1 Å². The van der Waals surface area contributed by atoms with Crippen LogP contribution in [0.2, 0.25) is 0 Å². The molecule has 2 N–H and O–H groups in total. The highest BCUT2D eigenvalue weighted by atomic mass is 19.1. The maximum Gasteiger partial charge on any atom is 0.123 e. The SMILES string of the molecule is CCC1CN(C(CN)c2ccc(F)cc2)CCO1. The second-order valence-corrected chi connectivity index (χ2v) is 4.70. The zero-order valence-corrected chi connectivity index (χ0v) is 10.8. The van der Waals surface area contributed by atoms with Gasteiger partial charge < -0.3 is 10.5 Å². The minimum Gasteiger partial charge on any atom is -0.376 e. The number of hydrogen-bond donors (Lipinski definition) is 1. The first kappa shape index (κ1) is 13.5. The highest BCUT2D eigenvalue weighted by Gasteiger charge is 2.25. The molecule has 1 aliphatic rings. The van der Waals surface area contributed by atoms with Crippen LogP contribution in [0.25, 0.3) is 0 Å². The first-order chi connectivity index (χ1) is 8.74. The Balaban J connectivity index is 2.10. The molecule has 0 saturated carbocycles. The molecule has 100 valence electrons. The number of ether oxygens (including phenoxy) is 1. The summed E-state index contributed by atoms with van der Waals surface area (Å²) in [6.07, 6.45) is 1.30. The predicted molar refractivity (Wildman–Crippen MR) is 69.8 cm³/mol. The fraction of sp³-hybridized carbons (Fsp3) is 0.571. The van der Waals surface area contributed by atoms with Crippen molar-refractivity contribution in [1.82, 2.24) is 4.90 Å². The van der Waals surface area contributed by atoms with Crippen LogP contribution >= 0.6 is 0 Å². The summed E-state index contributed by atoms with van der Waals surface area (Å²) in [4.78, 5) is 2.34. The van der Waals surface area contributed by atoms with E-state index in [0.717, 1.165) is 31.7 Å². The Morgan fingerprint density at radius 3 is 2.78 bits per heavy atom. The molecule has 0 radical (unpaired) electrons. The van der Waals surface area contributed by atoms with Crippen LogP contribution in [-0.2, 0) is 4.74 Å². The lowest BCUT2D eigenvalue weighted by molar-refractivity contribution is -0.0437. The van der Waals surface area contributed by atoms with E-state index in [2.05, 4.69) is 11.8 Å². The van der Waals surface area contributed by atoms with Crippen molar-refractivity contribution >= 4 is 0 Å². The Kier molecular flexibility index (Phi) is 4.69. The lowest BCUT2D eigenvalue weighted by Gasteiger charge is -2.37. The fourth-order valence-corrected chi connectivity index (χ4v) is 2.45. The molecular formula is C14H21FN2O. The number of halogens is 1. The summed E-state index contributed by atoms with van der Waals surface area (Å²) >= 11 is 0. The van der Waals surface area contributed by atoms with Crippen molar-refractivity contribution < 1.29 is 9.13 Å². The molecule has 1 fully saturated rings. The van der Waals surface area contributed by atoms with E-state index in [1.807, 2.05) is 12.1 Å². The van der Waals surface area contributed by atoms with Crippen LogP contribution in [0, 0.1) is 5.82 Å². The standard InChI is InChI=1S/C14H21FN2O/c1-2-13-10-17(7-8-18-13)14(9-16)11-3-5-12(15)6-4-11/h3-6,13-14H,2,7-10,16H2,1H3. The van der Waals surface area contributed by atoms with Crippen LogP contribution in [0.15, 0.2) is 24.3 Å². The van der Waals surface area contributed by atoms with Crippen LogP contribution in [0.4, 0.5) is 4.39 Å². The van der Waals surface area contributed by atoms with Gasteiger partial charge in [0.15, 0.2) is 0 Å². The van der Waals surface area contributed by atoms with Crippen LogP contribution in [0.5, 0.6) is 0 Å². The van der Waals surface area contributed by atoms with Crippen LogP contribution in [0.3, 0.4) is 0 Å². The third kappa shape index (κ3) is 3.07. The van der Waals surface area contributed by atoms with E-state index in [1.165, 1.54) is 12.1 Å². The molecule has 0 aliphatic carbocycles. The topological polar surface area (TPSA) is 38.5 Å². The molecule has 1 aromatic carbocycles. The summed E-state index contributed by atoms with van der Waals surface area (Å²) in [5.74, 6) is -0.206. The summed E-state index contributed by atoms with van der Waals surface area (Å²) in [6, 6.07) is 6.79. The van der Waals surface area contributed by atoms with Gasteiger partial charge in [-0.2, -0.15) is 0 Å². The van der Waals surface area contributed by atoms with Gasteiger partial charge in [0.05, 0.1) is 12.7 Å². The molecule has 1 aliphatic heterocycles. The van der Waals surface area contributed by atoms with Crippen LogP contribution in [-0.4, -0.2) is 37.2 Å². The van der Waals surface area contributed by atoms with Crippen molar-refractivity contribution in [2.75, 3.05) is 26.2 Å². The lowest BCUT2D eigenvalue weighted by atomic mass is 10.0. The molecule has 0 spiro atoms.